The lowest BCUT2D eigenvalue weighted by atomic mass is 9.88. The molecular formula is C17H32N2O2. The fourth-order valence-electron chi connectivity index (χ4n) is 3.52. The summed E-state index contributed by atoms with van der Waals surface area (Å²) in [6.45, 7) is 12.5. The quantitative estimate of drug-likeness (QED) is 0.785. The molecule has 3 unspecified atom stereocenters. The highest BCUT2D eigenvalue weighted by atomic mass is 16.2. The third-order valence-corrected chi connectivity index (χ3v) is 4.82. The van der Waals surface area contributed by atoms with Crippen molar-refractivity contribution in [3.63, 3.8) is 0 Å². The zero-order chi connectivity index (χ0) is 16.2. The van der Waals surface area contributed by atoms with Crippen LogP contribution in [0.5, 0.6) is 0 Å². The monoisotopic (exact) mass is 296 g/mol. The number of nitrogens with one attached hydrogen (secondary N) is 1. The van der Waals surface area contributed by atoms with E-state index in [0.717, 1.165) is 25.7 Å². The van der Waals surface area contributed by atoms with Gasteiger partial charge in [-0.25, -0.2) is 0 Å². The summed E-state index contributed by atoms with van der Waals surface area (Å²) < 4.78 is 0. The molecule has 0 aromatic carbocycles. The Balaban J connectivity index is 3.10. The molecule has 4 nitrogen and oxygen atoms in total. The maximum Gasteiger partial charge on any atom is 0.246 e. The van der Waals surface area contributed by atoms with Crippen LogP contribution in [0.2, 0.25) is 0 Å². The van der Waals surface area contributed by atoms with E-state index in [1.807, 2.05) is 25.7 Å². The highest BCUT2D eigenvalue weighted by Gasteiger charge is 2.44. The predicted molar refractivity (Wildman–Crippen MR) is 85.8 cm³/mol. The van der Waals surface area contributed by atoms with Crippen molar-refractivity contribution in [3.8, 4) is 0 Å². The summed E-state index contributed by atoms with van der Waals surface area (Å²) in [6.07, 6.45) is 3.69. The third kappa shape index (κ3) is 3.78. The topological polar surface area (TPSA) is 49.4 Å². The first-order valence-electron chi connectivity index (χ1n) is 8.51. The number of hydrogen-bond donors (Lipinski definition) is 1. The van der Waals surface area contributed by atoms with Crippen LogP contribution in [-0.4, -0.2) is 34.8 Å². The summed E-state index contributed by atoms with van der Waals surface area (Å²) in [4.78, 5) is 27.2. The van der Waals surface area contributed by atoms with E-state index in [9.17, 15) is 9.59 Å². The summed E-state index contributed by atoms with van der Waals surface area (Å²) >= 11 is 0. The van der Waals surface area contributed by atoms with Gasteiger partial charge in [0.15, 0.2) is 0 Å². The summed E-state index contributed by atoms with van der Waals surface area (Å²) in [5.74, 6) is 0.701. The van der Waals surface area contributed by atoms with E-state index in [-0.39, 0.29) is 35.9 Å². The Morgan fingerprint density at radius 3 is 2.10 bits per heavy atom. The molecule has 0 bridgehead atoms. The largest absolute Gasteiger partial charge is 0.342 e. The number of piperazine rings is 1. The molecule has 122 valence electrons. The first-order valence-corrected chi connectivity index (χ1v) is 8.51. The molecule has 3 atom stereocenters. The van der Waals surface area contributed by atoms with E-state index in [1.54, 1.807) is 0 Å². The van der Waals surface area contributed by atoms with Gasteiger partial charge >= 0.3 is 0 Å². The predicted octanol–water partition coefficient (Wildman–Crippen LogP) is 2.96. The van der Waals surface area contributed by atoms with Crippen LogP contribution in [0.3, 0.4) is 0 Å². The first kappa shape index (κ1) is 18.0. The zero-order valence-electron chi connectivity index (χ0n) is 14.5. The van der Waals surface area contributed by atoms with Gasteiger partial charge in [0.1, 0.15) is 12.1 Å². The van der Waals surface area contributed by atoms with Gasteiger partial charge in [0.25, 0.3) is 0 Å². The van der Waals surface area contributed by atoms with Crippen molar-refractivity contribution in [2.45, 2.75) is 85.4 Å². The molecule has 0 aromatic rings. The Morgan fingerprint density at radius 2 is 1.67 bits per heavy atom. The van der Waals surface area contributed by atoms with Gasteiger partial charge in [-0.15, -0.1) is 0 Å². The number of carbonyl (C=O) groups is 2. The van der Waals surface area contributed by atoms with Crippen molar-refractivity contribution < 1.29 is 9.59 Å². The van der Waals surface area contributed by atoms with E-state index in [1.165, 1.54) is 0 Å². The molecule has 0 spiro atoms. The molecule has 0 radical (unpaired) electrons. The Morgan fingerprint density at radius 1 is 1.10 bits per heavy atom. The lowest BCUT2D eigenvalue weighted by Gasteiger charge is -2.46. The maximum absolute atomic E-state index is 12.9. The summed E-state index contributed by atoms with van der Waals surface area (Å²) in [5.41, 5.74) is 0. The summed E-state index contributed by atoms with van der Waals surface area (Å²) in [7, 11) is 0. The average molecular weight is 296 g/mol. The van der Waals surface area contributed by atoms with Gasteiger partial charge in [0, 0.05) is 6.04 Å². The van der Waals surface area contributed by atoms with Gasteiger partial charge in [-0.3, -0.25) is 9.59 Å². The molecule has 1 rings (SSSR count). The molecule has 0 aromatic heterocycles. The molecule has 1 heterocycles. The third-order valence-electron chi connectivity index (χ3n) is 4.82. The molecule has 21 heavy (non-hydrogen) atoms. The highest BCUT2D eigenvalue weighted by Crippen LogP contribution is 2.27. The molecule has 1 aliphatic heterocycles. The van der Waals surface area contributed by atoms with Crippen LogP contribution in [-0.2, 0) is 9.59 Å². The van der Waals surface area contributed by atoms with Crippen molar-refractivity contribution in [1.29, 1.82) is 0 Å². The molecular weight excluding hydrogens is 264 g/mol. The standard InChI is InChI=1S/C17H32N2O2/c1-7-10-14-17(21)19(12(6)13(8-2)9-3)15(11(4)5)16(20)18-14/h11-15H,7-10H2,1-6H3,(H,18,20). The van der Waals surface area contributed by atoms with Crippen molar-refractivity contribution in [2.75, 3.05) is 0 Å². The second kappa shape index (κ2) is 7.81. The Labute approximate surface area is 129 Å². The second-order valence-electron chi connectivity index (χ2n) is 6.60. The minimum Gasteiger partial charge on any atom is -0.342 e. The van der Waals surface area contributed by atoms with Crippen molar-refractivity contribution in [2.24, 2.45) is 11.8 Å². The Kier molecular flexibility index (Phi) is 6.69. The van der Waals surface area contributed by atoms with E-state index < -0.39 is 0 Å². The SMILES string of the molecule is CCCC1NC(=O)C(C(C)C)N(C(C)C(CC)CC)C1=O. The molecule has 4 heteroatoms. The highest BCUT2D eigenvalue weighted by molar-refractivity contribution is 5.97. The lowest BCUT2D eigenvalue weighted by molar-refractivity contribution is -0.155. The number of carbonyl (C=O) groups excluding carboxylic acids is 2. The van der Waals surface area contributed by atoms with Gasteiger partial charge in [-0.2, -0.15) is 0 Å². The van der Waals surface area contributed by atoms with Crippen LogP contribution < -0.4 is 5.32 Å². The molecule has 0 aliphatic carbocycles. The van der Waals surface area contributed by atoms with Crippen LogP contribution >= 0.6 is 0 Å². The Hall–Kier alpha value is -1.06. The molecule has 0 saturated carbocycles. The average Bonchev–Trinajstić information content (AvgIpc) is 2.43. The molecule has 1 aliphatic rings. The normalized spacial score (nSPS) is 24.7. The number of nitrogens with zero attached hydrogens (tertiary/aromatic N) is 1. The van der Waals surface area contributed by atoms with E-state index in [2.05, 4.69) is 26.1 Å². The van der Waals surface area contributed by atoms with Crippen LogP contribution in [0.4, 0.5) is 0 Å². The van der Waals surface area contributed by atoms with E-state index in [4.69, 9.17) is 0 Å². The minimum atomic E-state index is -0.339. The smallest absolute Gasteiger partial charge is 0.246 e. The fraction of sp³-hybridized carbons (Fsp3) is 0.882. The van der Waals surface area contributed by atoms with Crippen LogP contribution in [0.15, 0.2) is 0 Å². The zero-order valence-corrected chi connectivity index (χ0v) is 14.5. The summed E-state index contributed by atoms with van der Waals surface area (Å²) in [5, 5.41) is 2.93. The van der Waals surface area contributed by atoms with Crippen molar-refractivity contribution in [3.05, 3.63) is 0 Å². The second-order valence-corrected chi connectivity index (χ2v) is 6.60. The van der Waals surface area contributed by atoms with E-state index >= 15 is 0 Å². The van der Waals surface area contributed by atoms with Crippen molar-refractivity contribution >= 4 is 11.8 Å². The number of hydrogen-bond acceptors (Lipinski definition) is 2. The van der Waals surface area contributed by atoms with Crippen LogP contribution in [0, 0.1) is 11.8 Å². The number of amides is 2. The van der Waals surface area contributed by atoms with Crippen LogP contribution in [0.25, 0.3) is 0 Å². The molecule has 1 fully saturated rings. The lowest BCUT2D eigenvalue weighted by Crippen LogP contribution is -2.67. The Bertz CT molecular complexity index is 364. The molecule has 2 amide bonds. The fourth-order valence-corrected chi connectivity index (χ4v) is 3.52. The van der Waals surface area contributed by atoms with Crippen LogP contribution in [0.1, 0.15) is 67.2 Å². The van der Waals surface area contributed by atoms with Crippen molar-refractivity contribution in [1.82, 2.24) is 10.2 Å². The summed E-state index contributed by atoms with van der Waals surface area (Å²) in [6, 6.07) is -0.555. The number of rotatable bonds is 7. The van der Waals surface area contributed by atoms with E-state index in [0.29, 0.717) is 5.92 Å². The van der Waals surface area contributed by atoms with Gasteiger partial charge in [-0.05, 0) is 25.2 Å². The molecule has 1 N–H and O–H groups in total. The van der Waals surface area contributed by atoms with Gasteiger partial charge in [-0.1, -0.05) is 53.9 Å². The minimum absolute atomic E-state index is 0.0147. The maximum atomic E-state index is 12.9. The first-order chi connectivity index (χ1) is 9.88. The van der Waals surface area contributed by atoms with Gasteiger partial charge in [0.05, 0.1) is 0 Å². The van der Waals surface area contributed by atoms with Gasteiger partial charge < -0.3 is 10.2 Å². The van der Waals surface area contributed by atoms with Gasteiger partial charge in [0.2, 0.25) is 11.8 Å². The molecule has 1 saturated heterocycles.